The lowest BCUT2D eigenvalue weighted by atomic mass is 9.91. The van der Waals surface area contributed by atoms with Gasteiger partial charge in [0.2, 0.25) is 0 Å². The molecule has 0 bridgehead atoms. The maximum Gasteiger partial charge on any atom is 0.317 e. The molecule has 164 valence electrons. The van der Waals surface area contributed by atoms with E-state index >= 15 is 0 Å². The first kappa shape index (κ1) is 21.2. The van der Waals surface area contributed by atoms with Crippen molar-refractivity contribution in [1.29, 1.82) is 0 Å². The minimum absolute atomic E-state index is 0.0266. The molecule has 4 rings (SSSR count). The molecular formula is C24H30N4O3. The number of nitrogens with one attached hydrogen (secondary N) is 2. The van der Waals surface area contributed by atoms with Crippen LogP contribution >= 0.6 is 0 Å². The van der Waals surface area contributed by atoms with Crippen LogP contribution in [0.4, 0.5) is 10.6 Å². The molecule has 2 aliphatic rings. The highest BCUT2D eigenvalue weighted by atomic mass is 16.4. The lowest BCUT2D eigenvalue weighted by molar-refractivity contribution is -0.137. The first-order valence-electron chi connectivity index (χ1n) is 11.1. The molecule has 0 saturated carbocycles. The number of pyridine rings is 1. The summed E-state index contributed by atoms with van der Waals surface area (Å²) in [6.07, 6.45) is 4.61. The fraction of sp³-hybridized carbons (Fsp3) is 0.458. The fourth-order valence-corrected chi connectivity index (χ4v) is 4.53. The van der Waals surface area contributed by atoms with Crippen LogP contribution in [-0.4, -0.2) is 53.2 Å². The van der Waals surface area contributed by atoms with Crippen molar-refractivity contribution < 1.29 is 14.7 Å². The highest BCUT2D eigenvalue weighted by Crippen LogP contribution is 2.28. The van der Waals surface area contributed by atoms with Gasteiger partial charge in [-0.15, -0.1) is 0 Å². The Morgan fingerprint density at radius 1 is 1.16 bits per heavy atom. The molecular weight excluding hydrogens is 392 g/mol. The van der Waals surface area contributed by atoms with Gasteiger partial charge in [0.25, 0.3) is 0 Å². The van der Waals surface area contributed by atoms with Crippen LogP contribution in [0.15, 0.2) is 36.4 Å². The first-order valence-corrected chi connectivity index (χ1v) is 11.1. The second-order valence-electron chi connectivity index (χ2n) is 8.37. The molecule has 0 saturated heterocycles. The predicted octanol–water partition coefficient (Wildman–Crippen LogP) is 3.20. The Labute approximate surface area is 182 Å². The maximum absolute atomic E-state index is 12.8. The summed E-state index contributed by atoms with van der Waals surface area (Å²) in [5, 5.41) is 15.7. The number of urea groups is 1. The van der Waals surface area contributed by atoms with Gasteiger partial charge < -0.3 is 20.6 Å². The number of hydrogen-bond acceptors (Lipinski definition) is 4. The van der Waals surface area contributed by atoms with E-state index in [1.807, 2.05) is 24.3 Å². The number of aliphatic carboxylic acids is 1. The monoisotopic (exact) mass is 422 g/mol. The Kier molecular flexibility index (Phi) is 6.70. The molecule has 1 aromatic carbocycles. The van der Waals surface area contributed by atoms with E-state index in [0.29, 0.717) is 19.6 Å². The standard InChI is InChI=1S/C24H30N4O3/c29-22(30)15-19-16-28(14-11-17-5-1-2-8-21(17)19)24(31)26-13-4-7-20-10-9-18-6-3-12-25-23(18)27-20/h1-2,5,8-10,19H,3-4,6-7,11-16H2,(H,25,27)(H,26,31)(H,29,30). The van der Waals surface area contributed by atoms with Gasteiger partial charge in [0.15, 0.2) is 0 Å². The van der Waals surface area contributed by atoms with E-state index in [2.05, 4.69) is 22.8 Å². The fourth-order valence-electron chi connectivity index (χ4n) is 4.53. The van der Waals surface area contributed by atoms with Crippen molar-refractivity contribution in [2.45, 2.75) is 44.4 Å². The maximum atomic E-state index is 12.8. The van der Waals surface area contributed by atoms with Crippen LogP contribution in [0.1, 0.15) is 47.6 Å². The van der Waals surface area contributed by atoms with Gasteiger partial charge in [-0.2, -0.15) is 0 Å². The predicted molar refractivity (Wildman–Crippen MR) is 119 cm³/mol. The van der Waals surface area contributed by atoms with Gasteiger partial charge in [-0.1, -0.05) is 30.3 Å². The lowest BCUT2D eigenvalue weighted by Crippen LogP contribution is -2.42. The Morgan fingerprint density at radius 3 is 2.90 bits per heavy atom. The third-order valence-electron chi connectivity index (χ3n) is 6.13. The average molecular weight is 423 g/mol. The molecule has 0 spiro atoms. The molecule has 0 fully saturated rings. The zero-order chi connectivity index (χ0) is 21.6. The van der Waals surface area contributed by atoms with Gasteiger partial charge >= 0.3 is 12.0 Å². The number of carboxylic acid groups (broad SMARTS) is 1. The number of carboxylic acids is 1. The van der Waals surface area contributed by atoms with Crippen molar-refractivity contribution in [3.8, 4) is 0 Å². The Bertz CT molecular complexity index is 946. The molecule has 1 aromatic heterocycles. The molecule has 7 heteroatoms. The summed E-state index contributed by atoms with van der Waals surface area (Å²) in [5.41, 5.74) is 4.50. The number of benzene rings is 1. The van der Waals surface area contributed by atoms with Crippen molar-refractivity contribution in [2.24, 2.45) is 0 Å². The van der Waals surface area contributed by atoms with E-state index in [-0.39, 0.29) is 18.4 Å². The summed E-state index contributed by atoms with van der Waals surface area (Å²) in [6, 6.07) is 12.0. The van der Waals surface area contributed by atoms with E-state index in [1.165, 1.54) is 5.56 Å². The topological polar surface area (TPSA) is 94.6 Å². The Morgan fingerprint density at radius 2 is 2.03 bits per heavy atom. The van der Waals surface area contributed by atoms with E-state index in [0.717, 1.165) is 61.3 Å². The highest BCUT2D eigenvalue weighted by molar-refractivity contribution is 5.75. The lowest BCUT2D eigenvalue weighted by Gasteiger charge is -2.24. The number of hydrogen-bond donors (Lipinski definition) is 3. The number of fused-ring (bicyclic) bond motifs is 2. The van der Waals surface area contributed by atoms with Crippen LogP contribution in [0.3, 0.4) is 0 Å². The number of rotatable bonds is 6. The van der Waals surface area contributed by atoms with Crippen LogP contribution in [0, 0.1) is 0 Å². The zero-order valence-electron chi connectivity index (χ0n) is 17.8. The van der Waals surface area contributed by atoms with Gasteiger partial charge in [0.05, 0.1) is 6.42 Å². The Hall–Kier alpha value is -3.09. The normalized spacial score (nSPS) is 17.7. The number of aromatic nitrogens is 1. The smallest absolute Gasteiger partial charge is 0.317 e. The van der Waals surface area contributed by atoms with Gasteiger partial charge in [0, 0.05) is 37.8 Å². The third-order valence-corrected chi connectivity index (χ3v) is 6.13. The second kappa shape index (κ2) is 9.81. The Balaban J connectivity index is 1.30. The summed E-state index contributed by atoms with van der Waals surface area (Å²) in [6.45, 7) is 2.56. The van der Waals surface area contributed by atoms with Crippen molar-refractivity contribution in [3.05, 3.63) is 58.8 Å². The van der Waals surface area contributed by atoms with Gasteiger partial charge in [-0.3, -0.25) is 4.79 Å². The highest BCUT2D eigenvalue weighted by Gasteiger charge is 2.27. The number of aryl methyl sites for hydroxylation is 2. The minimum Gasteiger partial charge on any atom is -0.481 e. The summed E-state index contributed by atoms with van der Waals surface area (Å²) in [5.74, 6) is -0.0235. The van der Waals surface area contributed by atoms with Crippen LogP contribution in [-0.2, 0) is 24.1 Å². The quantitative estimate of drug-likeness (QED) is 0.622. The number of carbonyl (C=O) groups is 2. The molecule has 2 aliphatic heterocycles. The molecule has 7 nitrogen and oxygen atoms in total. The van der Waals surface area contributed by atoms with Crippen LogP contribution in [0.5, 0.6) is 0 Å². The summed E-state index contributed by atoms with van der Waals surface area (Å²) < 4.78 is 0. The first-order chi connectivity index (χ1) is 15.1. The third kappa shape index (κ3) is 5.34. The van der Waals surface area contributed by atoms with Crippen molar-refractivity contribution >= 4 is 17.8 Å². The van der Waals surface area contributed by atoms with Gasteiger partial charge in [-0.05, 0) is 54.9 Å². The molecule has 3 heterocycles. The van der Waals surface area contributed by atoms with Crippen molar-refractivity contribution in [1.82, 2.24) is 15.2 Å². The van der Waals surface area contributed by atoms with Crippen LogP contribution in [0.2, 0.25) is 0 Å². The molecule has 1 unspecified atom stereocenters. The molecule has 3 N–H and O–H groups in total. The van der Waals surface area contributed by atoms with E-state index in [9.17, 15) is 14.7 Å². The summed E-state index contributed by atoms with van der Waals surface area (Å²) >= 11 is 0. The van der Waals surface area contributed by atoms with Gasteiger partial charge in [0.1, 0.15) is 5.82 Å². The molecule has 2 amide bonds. The molecule has 2 aromatic rings. The van der Waals surface area contributed by atoms with E-state index in [4.69, 9.17) is 4.98 Å². The van der Waals surface area contributed by atoms with Crippen LogP contribution in [0.25, 0.3) is 0 Å². The van der Waals surface area contributed by atoms with Gasteiger partial charge in [-0.25, -0.2) is 9.78 Å². The SMILES string of the molecule is O=C(O)CC1CN(C(=O)NCCCc2ccc3c(n2)NCCC3)CCc2ccccc21. The summed E-state index contributed by atoms with van der Waals surface area (Å²) in [7, 11) is 0. The number of nitrogens with zero attached hydrogens (tertiary/aromatic N) is 2. The molecule has 0 radical (unpaired) electrons. The molecule has 1 atom stereocenters. The average Bonchev–Trinajstić information content (AvgIpc) is 2.96. The van der Waals surface area contributed by atoms with E-state index < -0.39 is 5.97 Å². The molecule has 31 heavy (non-hydrogen) atoms. The largest absolute Gasteiger partial charge is 0.481 e. The minimum atomic E-state index is -0.839. The summed E-state index contributed by atoms with van der Waals surface area (Å²) in [4.78, 5) is 30.6. The van der Waals surface area contributed by atoms with Crippen molar-refractivity contribution in [3.63, 3.8) is 0 Å². The molecule has 0 aliphatic carbocycles. The van der Waals surface area contributed by atoms with E-state index in [1.54, 1.807) is 4.90 Å². The second-order valence-corrected chi connectivity index (χ2v) is 8.37. The number of anilines is 1. The number of carbonyl (C=O) groups excluding carboxylic acids is 1. The van der Waals surface area contributed by atoms with Crippen LogP contribution < -0.4 is 10.6 Å². The number of amides is 2. The zero-order valence-corrected chi connectivity index (χ0v) is 17.8. The van der Waals surface area contributed by atoms with Crippen molar-refractivity contribution in [2.75, 3.05) is 31.5 Å².